The normalized spacial score (nSPS) is 14.3. The van der Waals surface area contributed by atoms with Crippen LogP contribution in [0.3, 0.4) is 0 Å². The van der Waals surface area contributed by atoms with Crippen LogP contribution in [0.5, 0.6) is 0 Å². The van der Waals surface area contributed by atoms with Crippen molar-refractivity contribution in [1.82, 2.24) is 15.1 Å². The Morgan fingerprint density at radius 1 is 1.12 bits per heavy atom. The number of carbonyl (C=O) groups excluding carboxylic acids is 3. The van der Waals surface area contributed by atoms with Crippen LogP contribution in [0.2, 0.25) is 0 Å². The van der Waals surface area contributed by atoms with Gasteiger partial charge in [-0.05, 0) is 17.5 Å². The lowest BCUT2D eigenvalue weighted by atomic mass is 10.3. The van der Waals surface area contributed by atoms with E-state index in [0.717, 1.165) is 14.3 Å². The molecule has 1 saturated heterocycles. The number of carbonyl (C=O) groups is 3. The number of nitrogens with zero attached hydrogens (tertiary/aromatic N) is 2. The zero-order valence-corrected chi connectivity index (χ0v) is 15.8. The Morgan fingerprint density at radius 3 is 2.44 bits per heavy atom. The molecular formula is C15H19ClN4O3S2. The molecule has 10 heteroatoms. The molecule has 3 rings (SSSR count). The van der Waals surface area contributed by atoms with Gasteiger partial charge in [-0.1, -0.05) is 0 Å². The number of fused-ring (bicyclic) bond motifs is 1. The number of halogens is 1. The van der Waals surface area contributed by atoms with Gasteiger partial charge in [-0.2, -0.15) is 0 Å². The Morgan fingerprint density at radius 2 is 1.80 bits per heavy atom. The summed E-state index contributed by atoms with van der Waals surface area (Å²) >= 11 is 3.14. The van der Waals surface area contributed by atoms with Crippen molar-refractivity contribution in [3.8, 4) is 0 Å². The molecule has 3 amide bonds. The molecule has 1 fully saturated rings. The summed E-state index contributed by atoms with van der Waals surface area (Å²) in [4.78, 5) is 39.9. The van der Waals surface area contributed by atoms with Crippen LogP contribution in [0.1, 0.15) is 9.67 Å². The number of hydrogen-bond donors (Lipinski definition) is 2. The number of thiophene rings is 2. The second-order valence-electron chi connectivity index (χ2n) is 5.41. The number of rotatable bonds is 4. The van der Waals surface area contributed by atoms with Crippen molar-refractivity contribution < 1.29 is 14.4 Å². The van der Waals surface area contributed by atoms with E-state index in [1.165, 1.54) is 11.3 Å². The topological polar surface area (TPSA) is 95.7 Å². The van der Waals surface area contributed by atoms with Crippen molar-refractivity contribution >= 4 is 62.2 Å². The summed E-state index contributed by atoms with van der Waals surface area (Å²) in [5.74, 6) is -0.484. The summed E-state index contributed by atoms with van der Waals surface area (Å²) in [6.45, 7) is 1.77. The monoisotopic (exact) mass is 402 g/mol. The van der Waals surface area contributed by atoms with Crippen LogP contribution < -0.4 is 11.1 Å². The van der Waals surface area contributed by atoms with Gasteiger partial charge in [0.25, 0.3) is 5.91 Å². The molecule has 1 aliphatic heterocycles. The molecule has 0 aliphatic carbocycles. The van der Waals surface area contributed by atoms with Gasteiger partial charge >= 0.3 is 0 Å². The van der Waals surface area contributed by atoms with E-state index < -0.39 is 0 Å². The van der Waals surface area contributed by atoms with Crippen LogP contribution in [0.4, 0.5) is 0 Å². The molecule has 0 unspecified atom stereocenters. The van der Waals surface area contributed by atoms with Gasteiger partial charge in [0.2, 0.25) is 11.8 Å². The number of piperazine rings is 1. The van der Waals surface area contributed by atoms with Crippen molar-refractivity contribution in [1.29, 1.82) is 0 Å². The van der Waals surface area contributed by atoms with Gasteiger partial charge < -0.3 is 20.9 Å². The predicted octanol–water partition coefficient (Wildman–Crippen LogP) is 0.744. The molecule has 2 aromatic heterocycles. The smallest absolute Gasteiger partial charge is 0.264 e. The quantitative estimate of drug-likeness (QED) is 0.788. The van der Waals surface area contributed by atoms with E-state index >= 15 is 0 Å². The first kappa shape index (κ1) is 19.6. The highest BCUT2D eigenvalue weighted by molar-refractivity contribution is 7.27. The van der Waals surface area contributed by atoms with E-state index in [1.807, 2.05) is 17.5 Å². The molecule has 0 radical (unpaired) electrons. The van der Waals surface area contributed by atoms with Crippen LogP contribution in [0.15, 0.2) is 17.5 Å². The van der Waals surface area contributed by atoms with E-state index in [0.29, 0.717) is 26.2 Å². The minimum atomic E-state index is -0.352. The molecule has 7 nitrogen and oxygen atoms in total. The summed E-state index contributed by atoms with van der Waals surface area (Å²) in [6.07, 6.45) is 0. The highest BCUT2D eigenvalue weighted by atomic mass is 35.5. The third kappa shape index (κ3) is 4.49. The molecule has 0 aromatic carbocycles. The van der Waals surface area contributed by atoms with E-state index in [2.05, 4.69) is 5.32 Å². The number of nitrogens with two attached hydrogens (primary N) is 1. The van der Waals surface area contributed by atoms with Gasteiger partial charge in [0.15, 0.2) is 0 Å². The molecule has 0 saturated carbocycles. The fraction of sp³-hybridized carbons (Fsp3) is 0.400. The molecule has 0 atom stereocenters. The fourth-order valence-electron chi connectivity index (χ4n) is 2.54. The molecule has 0 spiro atoms. The molecular weight excluding hydrogens is 384 g/mol. The molecule has 25 heavy (non-hydrogen) atoms. The first-order valence-corrected chi connectivity index (χ1v) is 9.29. The van der Waals surface area contributed by atoms with Gasteiger partial charge in [-0.25, -0.2) is 0 Å². The molecule has 2 aromatic rings. The van der Waals surface area contributed by atoms with Crippen LogP contribution in [-0.4, -0.2) is 66.8 Å². The van der Waals surface area contributed by atoms with Crippen molar-refractivity contribution in [2.75, 3.05) is 39.3 Å². The third-order valence-electron chi connectivity index (χ3n) is 3.89. The third-order valence-corrected chi connectivity index (χ3v) is 5.97. The Labute approximate surface area is 159 Å². The second kappa shape index (κ2) is 8.61. The van der Waals surface area contributed by atoms with Crippen molar-refractivity contribution in [2.45, 2.75) is 0 Å². The van der Waals surface area contributed by atoms with E-state index in [-0.39, 0.29) is 43.2 Å². The maximum Gasteiger partial charge on any atom is 0.264 e. The molecule has 3 heterocycles. The van der Waals surface area contributed by atoms with Crippen LogP contribution in [0, 0.1) is 0 Å². The number of nitrogens with one attached hydrogen (secondary N) is 1. The van der Waals surface area contributed by atoms with Gasteiger partial charge in [0, 0.05) is 35.6 Å². The first-order chi connectivity index (χ1) is 11.6. The Bertz CT molecular complexity index is 739. The first-order valence-electron chi connectivity index (χ1n) is 7.59. The molecule has 0 bridgehead atoms. The van der Waals surface area contributed by atoms with Gasteiger partial charge in [0.05, 0.1) is 18.0 Å². The largest absolute Gasteiger partial charge is 0.346 e. The van der Waals surface area contributed by atoms with Crippen molar-refractivity contribution in [2.24, 2.45) is 5.73 Å². The van der Waals surface area contributed by atoms with E-state index in [9.17, 15) is 14.4 Å². The zero-order chi connectivity index (χ0) is 17.1. The second-order valence-corrected chi connectivity index (χ2v) is 7.45. The summed E-state index contributed by atoms with van der Waals surface area (Å²) in [6, 6.07) is 3.96. The van der Waals surface area contributed by atoms with Crippen LogP contribution in [-0.2, 0) is 9.59 Å². The van der Waals surface area contributed by atoms with Crippen LogP contribution >= 0.6 is 35.1 Å². The maximum absolute atomic E-state index is 12.6. The summed E-state index contributed by atoms with van der Waals surface area (Å²) < 4.78 is 2.26. The average molecular weight is 403 g/mol. The summed E-state index contributed by atoms with van der Waals surface area (Å²) in [7, 11) is 0. The Hall–Kier alpha value is -1.68. The van der Waals surface area contributed by atoms with Gasteiger partial charge in [-0.15, -0.1) is 35.1 Å². The molecule has 136 valence electrons. The van der Waals surface area contributed by atoms with E-state index in [1.54, 1.807) is 21.1 Å². The van der Waals surface area contributed by atoms with Crippen molar-refractivity contribution in [3.05, 3.63) is 22.4 Å². The lowest BCUT2D eigenvalue weighted by Gasteiger charge is -2.34. The van der Waals surface area contributed by atoms with Gasteiger partial charge in [0.1, 0.15) is 0 Å². The standard InChI is InChI=1S/C15H18N4O3S2.ClH/c16-8-13(20)17-9-14(21)18-2-4-19(5-3-18)15(22)12-7-11-10(24-12)1-6-23-11;/h1,6-7H,2-5,8-9,16H2,(H,17,20);1H. The average Bonchev–Trinajstić information content (AvgIpc) is 3.20. The number of amides is 3. The Kier molecular flexibility index (Phi) is 6.77. The van der Waals surface area contributed by atoms with Crippen molar-refractivity contribution in [3.63, 3.8) is 0 Å². The zero-order valence-electron chi connectivity index (χ0n) is 13.4. The highest BCUT2D eigenvalue weighted by Crippen LogP contribution is 2.30. The Balaban J connectivity index is 0.00000225. The van der Waals surface area contributed by atoms with Gasteiger partial charge in [-0.3, -0.25) is 14.4 Å². The minimum Gasteiger partial charge on any atom is -0.346 e. The lowest BCUT2D eigenvalue weighted by molar-refractivity contribution is -0.133. The maximum atomic E-state index is 12.6. The number of hydrogen-bond acceptors (Lipinski definition) is 6. The predicted molar refractivity (Wildman–Crippen MR) is 101 cm³/mol. The van der Waals surface area contributed by atoms with E-state index in [4.69, 9.17) is 5.73 Å². The van der Waals surface area contributed by atoms with Crippen LogP contribution in [0.25, 0.3) is 9.40 Å². The summed E-state index contributed by atoms with van der Waals surface area (Å²) in [5, 5.41) is 4.49. The SMILES string of the molecule is Cl.NCC(=O)NCC(=O)N1CCN(C(=O)c2cc3sccc3s2)CC1. The molecule has 3 N–H and O–H groups in total. The highest BCUT2D eigenvalue weighted by Gasteiger charge is 2.25. The summed E-state index contributed by atoms with van der Waals surface area (Å²) in [5.41, 5.74) is 5.18. The fourth-order valence-corrected chi connectivity index (χ4v) is 4.62. The lowest BCUT2D eigenvalue weighted by Crippen LogP contribution is -2.52. The minimum absolute atomic E-state index is 0. The molecule has 1 aliphatic rings.